The van der Waals surface area contributed by atoms with E-state index in [1.54, 1.807) is 32.4 Å². The molecule has 10 heteroatoms. The van der Waals surface area contributed by atoms with Crippen LogP contribution in [0.1, 0.15) is 49.2 Å². The van der Waals surface area contributed by atoms with Gasteiger partial charge in [0.05, 0.1) is 20.1 Å². The lowest BCUT2D eigenvalue weighted by Gasteiger charge is -2.33. The first kappa shape index (κ1) is 30.8. The van der Waals surface area contributed by atoms with Gasteiger partial charge >= 0.3 is 0 Å². The number of aromatic nitrogens is 1. The zero-order chi connectivity index (χ0) is 30.3. The molecule has 2 fully saturated rings. The Kier molecular flexibility index (Phi) is 10.2. The molecule has 5 rings (SSSR count). The van der Waals surface area contributed by atoms with Crippen LogP contribution in [0.4, 0.5) is 0 Å². The Hall–Kier alpha value is -3.63. The third-order valence-corrected chi connectivity index (χ3v) is 8.47. The fraction of sp³-hybridized carbons (Fsp3) is 0.545. The van der Waals surface area contributed by atoms with E-state index in [2.05, 4.69) is 10.5 Å². The number of para-hydroxylation sites is 1. The van der Waals surface area contributed by atoms with Crippen molar-refractivity contribution in [2.45, 2.75) is 51.6 Å². The van der Waals surface area contributed by atoms with Gasteiger partial charge in [-0.15, -0.1) is 0 Å². The molecule has 1 saturated heterocycles. The van der Waals surface area contributed by atoms with Gasteiger partial charge in [0.2, 0.25) is 5.91 Å². The van der Waals surface area contributed by atoms with E-state index < -0.39 is 0 Å². The lowest BCUT2D eigenvalue weighted by atomic mass is 9.93. The molecule has 43 heavy (non-hydrogen) atoms. The van der Waals surface area contributed by atoms with E-state index in [0.717, 1.165) is 37.7 Å². The molecule has 1 aliphatic heterocycles. The fourth-order valence-corrected chi connectivity index (χ4v) is 5.87. The van der Waals surface area contributed by atoms with Gasteiger partial charge in [0.15, 0.2) is 17.1 Å². The van der Waals surface area contributed by atoms with Crippen molar-refractivity contribution in [1.29, 1.82) is 0 Å². The number of carbonyl (C=O) groups excluding carboxylic acids is 2. The Balaban J connectivity index is 1.26. The van der Waals surface area contributed by atoms with Crippen LogP contribution in [0.15, 0.2) is 47.0 Å². The van der Waals surface area contributed by atoms with Gasteiger partial charge in [-0.2, -0.15) is 0 Å². The molecule has 2 atom stereocenters. The van der Waals surface area contributed by atoms with E-state index in [1.165, 1.54) is 0 Å². The van der Waals surface area contributed by atoms with Crippen molar-refractivity contribution in [1.82, 2.24) is 20.3 Å². The smallest absolute Gasteiger partial charge is 0.254 e. The largest absolute Gasteiger partial charge is 0.493 e. The molecule has 2 unspecified atom stereocenters. The van der Waals surface area contributed by atoms with Gasteiger partial charge in [-0.3, -0.25) is 9.59 Å². The first-order valence-corrected chi connectivity index (χ1v) is 15.3. The SMILES string of the molecule is COCCCOc1cc(C(=O)N(CC2CNCC2CN(C(=O)Cc2noc3ccccc23)C2CC2)C(C)C)ccc1OC. The van der Waals surface area contributed by atoms with Crippen molar-refractivity contribution in [2.75, 3.05) is 53.6 Å². The topological polar surface area (TPSA) is 106 Å². The van der Waals surface area contributed by atoms with Crippen LogP contribution in [0.5, 0.6) is 11.5 Å². The molecule has 0 spiro atoms. The third-order valence-electron chi connectivity index (χ3n) is 8.47. The second-order valence-corrected chi connectivity index (χ2v) is 11.9. The van der Waals surface area contributed by atoms with E-state index >= 15 is 0 Å². The van der Waals surface area contributed by atoms with Crippen LogP contribution in [-0.4, -0.2) is 92.5 Å². The maximum Gasteiger partial charge on any atom is 0.254 e. The number of methoxy groups -OCH3 is 2. The highest BCUT2D eigenvalue weighted by Gasteiger charge is 2.38. The lowest BCUT2D eigenvalue weighted by molar-refractivity contribution is -0.132. The molecule has 0 bridgehead atoms. The van der Waals surface area contributed by atoms with E-state index in [0.29, 0.717) is 54.6 Å². The van der Waals surface area contributed by atoms with Gasteiger partial charge in [-0.25, -0.2) is 0 Å². The van der Waals surface area contributed by atoms with Gasteiger partial charge in [-0.05, 0) is 68.9 Å². The number of nitrogens with one attached hydrogen (secondary N) is 1. The minimum Gasteiger partial charge on any atom is -0.493 e. The first-order chi connectivity index (χ1) is 20.9. The van der Waals surface area contributed by atoms with Crippen LogP contribution >= 0.6 is 0 Å². The number of rotatable bonds is 15. The lowest BCUT2D eigenvalue weighted by Crippen LogP contribution is -2.45. The van der Waals surface area contributed by atoms with Crippen LogP contribution in [0.3, 0.4) is 0 Å². The second kappa shape index (κ2) is 14.2. The summed E-state index contributed by atoms with van der Waals surface area (Å²) in [5, 5.41) is 8.61. The van der Waals surface area contributed by atoms with E-state index in [4.69, 9.17) is 18.7 Å². The molecular weight excluding hydrogens is 548 g/mol. The Labute approximate surface area is 253 Å². The van der Waals surface area contributed by atoms with E-state index in [1.807, 2.05) is 47.9 Å². The molecule has 2 heterocycles. The molecule has 2 aliphatic rings. The van der Waals surface area contributed by atoms with Crippen LogP contribution in [0.2, 0.25) is 0 Å². The third kappa shape index (κ3) is 7.48. The van der Waals surface area contributed by atoms with E-state index in [9.17, 15) is 9.59 Å². The van der Waals surface area contributed by atoms with E-state index in [-0.39, 0.29) is 42.2 Å². The van der Waals surface area contributed by atoms with Crippen molar-refractivity contribution in [2.24, 2.45) is 11.8 Å². The first-order valence-electron chi connectivity index (χ1n) is 15.3. The van der Waals surface area contributed by atoms with Gasteiger partial charge in [0.1, 0.15) is 5.69 Å². The molecule has 2 aromatic carbocycles. The maximum atomic E-state index is 13.9. The van der Waals surface area contributed by atoms with Gasteiger partial charge in [0, 0.05) is 69.3 Å². The Morgan fingerprint density at radius 1 is 1.02 bits per heavy atom. The highest BCUT2D eigenvalue weighted by atomic mass is 16.5. The molecule has 3 aromatic rings. The number of hydrogen-bond acceptors (Lipinski definition) is 8. The van der Waals surface area contributed by atoms with Gasteiger partial charge in [0.25, 0.3) is 5.91 Å². The Bertz CT molecular complexity index is 1390. The zero-order valence-corrected chi connectivity index (χ0v) is 25.7. The van der Waals surface area contributed by atoms with Crippen LogP contribution in [0, 0.1) is 11.8 Å². The van der Waals surface area contributed by atoms with Crippen LogP contribution < -0.4 is 14.8 Å². The highest BCUT2D eigenvalue weighted by Crippen LogP contribution is 2.32. The summed E-state index contributed by atoms with van der Waals surface area (Å²) >= 11 is 0. The summed E-state index contributed by atoms with van der Waals surface area (Å²) in [6.07, 6.45) is 3.02. The molecule has 232 valence electrons. The highest BCUT2D eigenvalue weighted by molar-refractivity contribution is 5.95. The molecule has 2 amide bonds. The molecule has 0 radical (unpaired) electrons. The molecule has 1 aromatic heterocycles. The number of amides is 2. The van der Waals surface area contributed by atoms with Gasteiger partial charge in [-0.1, -0.05) is 17.3 Å². The summed E-state index contributed by atoms with van der Waals surface area (Å²) < 4.78 is 22.0. The zero-order valence-electron chi connectivity index (χ0n) is 25.7. The second-order valence-electron chi connectivity index (χ2n) is 11.9. The van der Waals surface area contributed by atoms with Gasteiger partial charge < -0.3 is 33.9 Å². The predicted octanol–water partition coefficient (Wildman–Crippen LogP) is 4.17. The quantitative estimate of drug-likeness (QED) is 0.262. The van der Waals surface area contributed by atoms with Crippen LogP contribution in [0.25, 0.3) is 11.0 Å². The average molecular weight is 593 g/mol. The number of carbonyl (C=O) groups is 2. The summed E-state index contributed by atoms with van der Waals surface area (Å²) in [5.41, 5.74) is 1.95. The monoisotopic (exact) mass is 592 g/mol. The maximum absolute atomic E-state index is 13.9. The summed E-state index contributed by atoms with van der Waals surface area (Å²) in [7, 11) is 3.25. The molecule has 1 saturated carbocycles. The van der Waals surface area contributed by atoms with Crippen molar-refractivity contribution >= 4 is 22.8 Å². The summed E-state index contributed by atoms with van der Waals surface area (Å²) in [4.78, 5) is 31.4. The summed E-state index contributed by atoms with van der Waals surface area (Å²) in [6, 6.07) is 13.3. The Morgan fingerprint density at radius 2 is 1.79 bits per heavy atom. The summed E-state index contributed by atoms with van der Waals surface area (Å²) in [6.45, 7) is 8.04. The van der Waals surface area contributed by atoms with Crippen molar-refractivity contribution < 1.29 is 28.3 Å². The molecule has 1 N–H and O–H groups in total. The minimum atomic E-state index is -0.0434. The standard InChI is InChI=1S/C33H44N4O6/c1-22(2)36(33(39)23-10-13-30(41-4)31(16-23)42-15-7-14-40-3)20-24-18-34-19-25(24)21-37(26-11-12-26)32(38)17-28-27-8-5-6-9-29(27)43-35-28/h5-6,8-10,13,16,22,24-26,34H,7,11-12,14-15,17-21H2,1-4H3. The molecule has 10 nitrogen and oxygen atoms in total. The average Bonchev–Trinajstić information content (AvgIpc) is 3.63. The van der Waals surface area contributed by atoms with Crippen molar-refractivity contribution in [3.05, 3.63) is 53.7 Å². The fourth-order valence-electron chi connectivity index (χ4n) is 5.87. The van der Waals surface area contributed by atoms with Crippen molar-refractivity contribution in [3.63, 3.8) is 0 Å². The number of benzene rings is 2. The predicted molar refractivity (Wildman–Crippen MR) is 163 cm³/mol. The number of ether oxygens (including phenoxy) is 3. The summed E-state index contributed by atoms with van der Waals surface area (Å²) in [5.74, 6) is 1.64. The number of fused-ring (bicyclic) bond motifs is 1. The number of hydrogen-bond donors (Lipinski definition) is 1. The Morgan fingerprint density at radius 3 is 2.51 bits per heavy atom. The molecular formula is C33H44N4O6. The van der Waals surface area contributed by atoms with Crippen LogP contribution in [-0.2, 0) is 16.0 Å². The molecule has 1 aliphatic carbocycles. The number of nitrogens with zero attached hydrogens (tertiary/aromatic N) is 3. The van der Waals surface area contributed by atoms with Crippen molar-refractivity contribution in [3.8, 4) is 11.5 Å². The normalized spacial score (nSPS) is 18.3. The minimum absolute atomic E-state index is 0.00327.